The van der Waals surface area contributed by atoms with Crippen LogP contribution in [0.4, 0.5) is 13.2 Å². The van der Waals surface area contributed by atoms with Crippen LogP contribution < -0.4 is 5.32 Å². The monoisotopic (exact) mass is 247 g/mol. The van der Waals surface area contributed by atoms with Crippen molar-refractivity contribution in [2.45, 2.75) is 18.6 Å². The fourth-order valence-corrected chi connectivity index (χ4v) is 1.38. The highest BCUT2D eigenvalue weighted by Gasteiger charge is 2.30. The largest absolute Gasteiger partial charge is 0.480 e. The van der Waals surface area contributed by atoms with Gasteiger partial charge in [0, 0.05) is 0 Å². The molecular weight excluding hydrogens is 235 g/mol. The number of benzene rings is 1. The van der Waals surface area contributed by atoms with Gasteiger partial charge in [-0.3, -0.25) is 4.79 Å². The Kier molecular flexibility index (Phi) is 4.11. The van der Waals surface area contributed by atoms with Crippen LogP contribution in [-0.2, 0) is 17.4 Å². The Morgan fingerprint density at radius 2 is 1.88 bits per heavy atom. The van der Waals surface area contributed by atoms with Crippen molar-refractivity contribution in [3.05, 3.63) is 35.4 Å². The first-order valence-electron chi connectivity index (χ1n) is 4.91. The van der Waals surface area contributed by atoms with Crippen LogP contribution in [0, 0.1) is 0 Å². The molecule has 0 spiro atoms. The number of carbonyl (C=O) groups is 1. The van der Waals surface area contributed by atoms with Gasteiger partial charge in [0.15, 0.2) is 0 Å². The van der Waals surface area contributed by atoms with Gasteiger partial charge in [-0.2, -0.15) is 13.2 Å². The van der Waals surface area contributed by atoms with Crippen molar-refractivity contribution in [2.75, 3.05) is 7.05 Å². The predicted molar refractivity (Wildman–Crippen MR) is 55.6 cm³/mol. The molecule has 0 bridgehead atoms. The maximum atomic E-state index is 12.3. The molecule has 0 aliphatic rings. The van der Waals surface area contributed by atoms with Crippen molar-refractivity contribution < 1.29 is 23.1 Å². The molecule has 0 aliphatic heterocycles. The van der Waals surface area contributed by atoms with E-state index < -0.39 is 23.8 Å². The second-order valence-corrected chi connectivity index (χ2v) is 3.58. The average molecular weight is 247 g/mol. The van der Waals surface area contributed by atoms with Gasteiger partial charge in [0.1, 0.15) is 6.04 Å². The number of halogens is 3. The molecule has 1 aromatic carbocycles. The predicted octanol–water partition coefficient (Wildman–Crippen LogP) is 1.92. The number of likely N-dealkylation sites (N-methyl/N-ethyl adjacent to an activating group) is 1. The highest BCUT2D eigenvalue weighted by Crippen LogP contribution is 2.29. The van der Waals surface area contributed by atoms with E-state index in [-0.39, 0.29) is 6.42 Å². The van der Waals surface area contributed by atoms with E-state index in [1.807, 2.05) is 0 Å². The lowest BCUT2D eigenvalue weighted by Gasteiger charge is -2.12. The summed E-state index contributed by atoms with van der Waals surface area (Å²) in [7, 11) is 1.49. The summed E-state index contributed by atoms with van der Waals surface area (Å²) in [4.78, 5) is 10.7. The van der Waals surface area contributed by atoms with E-state index in [1.54, 1.807) is 0 Å². The van der Waals surface area contributed by atoms with Crippen LogP contribution >= 0.6 is 0 Å². The first-order chi connectivity index (χ1) is 7.84. The molecular formula is C11H12F3NO2. The lowest BCUT2D eigenvalue weighted by atomic mass is 10.0. The van der Waals surface area contributed by atoms with Crippen LogP contribution in [-0.4, -0.2) is 24.2 Å². The summed E-state index contributed by atoms with van der Waals surface area (Å²) >= 11 is 0. The van der Waals surface area contributed by atoms with Crippen molar-refractivity contribution in [3.63, 3.8) is 0 Å². The van der Waals surface area contributed by atoms with Gasteiger partial charge in [-0.1, -0.05) is 12.1 Å². The third-order valence-electron chi connectivity index (χ3n) is 2.37. The first kappa shape index (κ1) is 13.5. The second kappa shape index (κ2) is 5.18. The molecule has 0 saturated heterocycles. The highest BCUT2D eigenvalue weighted by molar-refractivity contribution is 5.73. The number of rotatable bonds is 4. The summed E-state index contributed by atoms with van der Waals surface area (Å²) in [6, 6.07) is 3.67. The van der Waals surface area contributed by atoms with Crippen LogP contribution in [0.15, 0.2) is 24.3 Å². The number of carboxylic acids is 1. The van der Waals surface area contributed by atoms with Crippen molar-refractivity contribution in [3.8, 4) is 0 Å². The Balaban J connectivity index is 2.78. The van der Waals surface area contributed by atoms with Crippen LogP contribution in [0.25, 0.3) is 0 Å². The summed E-state index contributed by atoms with van der Waals surface area (Å²) in [6.07, 6.45) is -4.22. The van der Waals surface area contributed by atoms with Gasteiger partial charge in [0.2, 0.25) is 0 Å². The third-order valence-corrected chi connectivity index (χ3v) is 2.37. The van der Waals surface area contributed by atoms with E-state index in [9.17, 15) is 18.0 Å². The van der Waals surface area contributed by atoms with Crippen molar-refractivity contribution in [1.29, 1.82) is 0 Å². The molecule has 0 heterocycles. The SMILES string of the molecule is CNC(Cc1ccc(C(F)(F)F)cc1)C(=O)O. The van der Waals surface area contributed by atoms with Gasteiger partial charge < -0.3 is 10.4 Å². The van der Waals surface area contributed by atoms with E-state index in [1.165, 1.54) is 19.2 Å². The molecule has 17 heavy (non-hydrogen) atoms. The zero-order chi connectivity index (χ0) is 13.1. The van der Waals surface area contributed by atoms with E-state index in [0.717, 1.165) is 12.1 Å². The molecule has 0 aliphatic carbocycles. The lowest BCUT2D eigenvalue weighted by molar-refractivity contribution is -0.139. The molecule has 0 aromatic heterocycles. The summed E-state index contributed by atoms with van der Waals surface area (Å²) in [5.41, 5.74) is -0.197. The van der Waals surface area contributed by atoms with Crippen molar-refractivity contribution >= 4 is 5.97 Å². The minimum Gasteiger partial charge on any atom is -0.480 e. The van der Waals surface area contributed by atoms with Gasteiger partial charge >= 0.3 is 12.1 Å². The average Bonchev–Trinajstić information content (AvgIpc) is 2.25. The van der Waals surface area contributed by atoms with Crippen LogP contribution in [0.2, 0.25) is 0 Å². The molecule has 1 rings (SSSR count). The summed E-state index contributed by atoms with van der Waals surface area (Å²) in [6.45, 7) is 0. The maximum Gasteiger partial charge on any atom is 0.416 e. The maximum absolute atomic E-state index is 12.3. The zero-order valence-electron chi connectivity index (χ0n) is 9.08. The molecule has 0 saturated carbocycles. The number of carboxylic acid groups (broad SMARTS) is 1. The summed E-state index contributed by atoms with van der Waals surface area (Å²) < 4.78 is 36.8. The zero-order valence-corrected chi connectivity index (χ0v) is 9.08. The number of hydrogen-bond donors (Lipinski definition) is 2. The molecule has 0 radical (unpaired) electrons. The van der Waals surface area contributed by atoms with Crippen LogP contribution in [0.1, 0.15) is 11.1 Å². The fourth-order valence-electron chi connectivity index (χ4n) is 1.38. The number of hydrogen-bond acceptors (Lipinski definition) is 2. The van der Waals surface area contributed by atoms with Gasteiger partial charge in [0.25, 0.3) is 0 Å². The Morgan fingerprint density at radius 3 is 2.24 bits per heavy atom. The molecule has 1 atom stereocenters. The second-order valence-electron chi connectivity index (χ2n) is 3.58. The number of nitrogens with one attached hydrogen (secondary N) is 1. The Bertz CT molecular complexity index is 387. The Hall–Kier alpha value is -1.56. The minimum atomic E-state index is -4.37. The molecule has 94 valence electrons. The third kappa shape index (κ3) is 3.74. The van der Waals surface area contributed by atoms with Gasteiger partial charge in [-0.15, -0.1) is 0 Å². The fraction of sp³-hybridized carbons (Fsp3) is 0.364. The standard InChI is InChI=1S/C11H12F3NO2/c1-15-9(10(16)17)6-7-2-4-8(5-3-7)11(12,13)14/h2-5,9,15H,6H2,1H3,(H,16,17). The van der Waals surface area contributed by atoms with Gasteiger partial charge in [-0.25, -0.2) is 0 Å². The van der Waals surface area contributed by atoms with Gasteiger partial charge in [0.05, 0.1) is 5.56 Å². The minimum absolute atomic E-state index is 0.143. The van der Waals surface area contributed by atoms with Gasteiger partial charge in [-0.05, 0) is 31.2 Å². The molecule has 1 aromatic rings. The molecule has 0 fully saturated rings. The first-order valence-corrected chi connectivity index (χ1v) is 4.91. The molecule has 3 nitrogen and oxygen atoms in total. The molecule has 6 heteroatoms. The highest BCUT2D eigenvalue weighted by atomic mass is 19.4. The van der Waals surface area contributed by atoms with E-state index in [4.69, 9.17) is 5.11 Å². The lowest BCUT2D eigenvalue weighted by Crippen LogP contribution is -2.35. The van der Waals surface area contributed by atoms with Crippen molar-refractivity contribution in [1.82, 2.24) is 5.32 Å². The van der Waals surface area contributed by atoms with E-state index in [2.05, 4.69) is 5.32 Å². The van der Waals surface area contributed by atoms with E-state index in [0.29, 0.717) is 5.56 Å². The smallest absolute Gasteiger partial charge is 0.416 e. The molecule has 2 N–H and O–H groups in total. The van der Waals surface area contributed by atoms with E-state index >= 15 is 0 Å². The van der Waals surface area contributed by atoms with Crippen molar-refractivity contribution in [2.24, 2.45) is 0 Å². The number of alkyl halides is 3. The Labute approximate surface area is 96.3 Å². The summed E-state index contributed by atoms with van der Waals surface area (Å²) in [5, 5.41) is 11.3. The topological polar surface area (TPSA) is 49.3 Å². The Morgan fingerprint density at radius 1 is 1.35 bits per heavy atom. The normalized spacial score (nSPS) is 13.4. The molecule has 0 amide bonds. The molecule has 1 unspecified atom stereocenters. The van der Waals surface area contributed by atoms with Crippen LogP contribution in [0.5, 0.6) is 0 Å². The number of aliphatic carboxylic acids is 1. The summed E-state index contributed by atoms with van der Waals surface area (Å²) in [5.74, 6) is -1.03. The quantitative estimate of drug-likeness (QED) is 0.854. The van der Waals surface area contributed by atoms with Crippen LogP contribution in [0.3, 0.4) is 0 Å².